The molecule has 3 saturated heterocycles. The minimum absolute atomic E-state index is 0.227. The molecule has 12 nitrogen and oxygen atoms in total. The third-order valence-corrected chi connectivity index (χ3v) is 12.3. The van der Waals surface area contributed by atoms with Crippen LogP contribution in [0.4, 0.5) is 16.6 Å². The molecule has 3 aliphatic rings. The lowest BCUT2D eigenvalue weighted by Crippen LogP contribution is -2.49. The van der Waals surface area contributed by atoms with Crippen LogP contribution in [0.1, 0.15) is 49.1 Å². The molecule has 274 valence electrons. The number of halogens is 1. The molecule has 14 heteroatoms. The summed E-state index contributed by atoms with van der Waals surface area (Å²) in [6.07, 6.45) is 7.28. The van der Waals surface area contributed by atoms with Crippen molar-refractivity contribution in [2.24, 2.45) is 7.05 Å². The van der Waals surface area contributed by atoms with Gasteiger partial charge < -0.3 is 5.32 Å². The molecule has 5 aromatic rings. The average Bonchev–Trinajstić information content (AvgIpc) is 3.51. The molecule has 3 fully saturated rings. The first-order valence-corrected chi connectivity index (χ1v) is 19.7. The summed E-state index contributed by atoms with van der Waals surface area (Å²) in [6, 6.07) is 23.1. The standard InChI is InChI=1S/C39H42ClN9O3S/c1-46-35-22-30(9-10-34(35)37(45-46)49-20-15-36(50)44-39(49)51)28-11-16-47(17-12-28)25-26-5-7-27(8-6-26)29-3-2-4-33(21-29)53(52)48-18-13-32(14-19-48)43-38-41-23-31(40)24-42-38/h2-10,21-24,28,32H,11-20,25H2,1H3,(H,41,42,43)(H,44,50,51). The average molecular weight is 752 g/mol. The molecule has 0 aliphatic carbocycles. The van der Waals surface area contributed by atoms with E-state index in [0.29, 0.717) is 29.3 Å². The van der Waals surface area contributed by atoms with E-state index in [-0.39, 0.29) is 18.4 Å². The van der Waals surface area contributed by atoms with Crippen molar-refractivity contribution in [3.63, 3.8) is 0 Å². The van der Waals surface area contributed by atoms with Gasteiger partial charge in [0.15, 0.2) is 5.82 Å². The molecule has 1 atom stereocenters. The number of nitrogens with zero attached hydrogens (tertiary/aromatic N) is 7. The quantitative estimate of drug-likeness (QED) is 0.185. The fourth-order valence-corrected chi connectivity index (χ4v) is 8.99. The number of nitrogens with one attached hydrogen (secondary N) is 2. The molecule has 5 heterocycles. The van der Waals surface area contributed by atoms with Crippen LogP contribution in [0.25, 0.3) is 22.0 Å². The van der Waals surface area contributed by atoms with Crippen molar-refractivity contribution in [3.05, 3.63) is 95.3 Å². The van der Waals surface area contributed by atoms with Crippen molar-refractivity contribution in [2.45, 2.75) is 55.5 Å². The Bertz CT molecular complexity index is 2140. The molecule has 8 rings (SSSR count). The minimum Gasteiger partial charge on any atom is -0.351 e. The van der Waals surface area contributed by atoms with E-state index in [0.717, 1.165) is 85.3 Å². The van der Waals surface area contributed by atoms with Crippen molar-refractivity contribution >= 4 is 57.2 Å². The van der Waals surface area contributed by atoms with E-state index < -0.39 is 17.0 Å². The zero-order chi connectivity index (χ0) is 36.5. The largest absolute Gasteiger partial charge is 0.351 e. The summed E-state index contributed by atoms with van der Waals surface area (Å²) in [4.78, 5) is 37.5. The van der Waals surface area contributed by atoms with Gasteiger partial charge >= 0.3 is 6.03 Å². The van der Waals surface area contributed by atoms with Gasteiger partial charge in [0, 0.05) is 51.1 Å². The number of urea groups is 1. The van der Waals surface area contributed by atoms with E-state index in [1.807, 2.05) is 28.2 Å². The smallest absolute Gasteiger partial charge is 0.329 e. The number of fused-ring (bicyclic) bond motifs is 1. The minimum atomic E-state index is -1.24. The fourth-order valence-electron chi connectivity index (χ4n) is 7.63. The van der Waals surface area contributed by atoms with Gasteiger partial charge in [0.25, 0.3) is 0 Å². The highest BCUT2D eigenvalue weighted by molar-refractivity contribution is 7.82. The van der Waals surface area contributed by atoms with Crippen LogP contribution in [0.2, 0.25) is 5.02 Å². The van der Waals surface area contributed by atoms with Gasteiger partial charge in [-0.25, -0.2) is 23.3 Å². The van der Waals surface area contributed by atoms with Crippen LogP contribution in [0, 0.1) is 0 Å². The zero-order valence-electron chi connectivity index (χ0n) is 29.6. The number of benzene rings is 3. The summed E-state index contributed by atoms with van der Waals surface area (Å²) in [5.74, 6) is 1.36. The van der Waals surface area contributed by atoms with E-state index >= 15 is 0 Å². The lowest BCUT2D eigenvalue weighted by molar-refractivity contribution is -0.120. The third-order valence-electron chi connectivity index (χ3n) is 10.6. The van der Waals surface area contributed by atoms with Gasteiger partial charge in [-0.3, -0.25) is 24.6 Å². The highest BCUT2D eigenvalue weighted by Crippen LogP contribution is 2.34. The topological polar surface area (TPSA) is 129 Å². The summed E-state index contributed by atoms with van der Waals surface area (Å²) in [6.45, 7) is 4.70. The molecule has 3 amide bonds. The Morgan fingerprint density at radius 3 is 2.38 bits per heavy atom. The molecule has 0 saturated carbocycles. The van der Waals surface area contributed by atoms with E-state index in [1.54, 1.807) is 17.3 Å². The van der Waals surface area contributed by atoms with Crippen molar-refractivity contribution in [3.8, 4) is 11.1 Å². The Balaban J connectivity index is 0.840. The second-order valence-corrected chi connectivity index (χ2v) is 16.0. The second-order valence-electron chi connectivity index (χ2n) is 14.1. The van der Waals surface area contributed by atoms with Gasteiger partial charge in [-0.15, -0.1) is 0 Å². The first-order chi connectivity index (χ1) is 25.8. The van der Waals surface area contributed by atoms with Gasteiger partial charge in [0.05, 0.1) is 27.8 Å². The highest BCUT2D eigenvalue weighted by Gasteiger charge is 2.29. The van der Waals surface area contributed by atoms with E-state index in [1.165, 1.54) is 11.1 Å². The SMILES string of the molecule is Cn1nc(N2CCC(=O)NC2=O)c2ccc(C3CCN(Cc4ccc(-c5cccc(S(=O)N6CCC(Nc7ncc(Cl)cn7)CC6)c5)cc4)CC3)cc21. The van der Waals surface area contributed by atoms with Gasteiger partial charge in [-0.05, 0) is 91.2 Å². The van der Waals surface area contributed by atoms with Crippen LogP contribution in [0.15, 0.2) is 84.0 Å². The molecule has 0 radical (unpaired) electrons. The molecule has 0 spiro atoms. The van der Waals surface area contributed by atoms with Crippen LogP contribution in [-0.2, 0) is 29.4 Å². The Morgan fingerprint density at radius 1 is 0.887 bits per heavy atom. The number of aryl methyl sites for hydroxylation is 1. The highest BCUT2D eigenvalue weighted by atomic mass is 35.5. The second kappa shape index (κ2) is 15.3. The van der Waals surface area contributed by atoms with Gasteiger partial charge in [0.2, 0.25) is 11.9 Å². The molecular formula is C39H42ClN9O3S. The monoisotopic (exact) mass is 751 g/mol. The van der Waals surface area contributed by atoms with Crippen LogP contribution in [-0.4, -0.2) is 83.9 Å². The molecule has 3 aliphatic heterocycles. The number of piperidine rings is 2. The predicted molar refractivity (Wildman–Crippen MR) is 207 cm³/mol. The third kappa shape index (κ3) is 7.84. The maximum Gasteiger partial charge on any atom is 0.329 e. The molecule has 1 unspecified atom stereocenters. The lowest BCUT2D eigenvalue weighted by Gasteiger charge is -2.32. The fraction of sp³-hybridized carbons (Fsp3) is 0.359. The number of carbonyl (C=O) groups excluding carboxylic acids is 2. The number of aromatic nitrogens is 4. The Morgan fingerprint density at radius 2 is 1.64 bits per heavy atom. The summed E-state index contributed by atoms with van der Waals surface area (Å²) in [5.41, 5.74) is 5.73. The van der Waals surface area contributed by atoms with E-state index in [9.17, 15) is 13.8 Å². The van der Waals surface area contributed by atoms with Crippen molar-refractivity contribution in [1.29, 1.82) is 0 Å². The molecule has 2 N–H and O–H groups in total. The van der Waals surface area contributed by atoms with E-state index in [4.69, 9.17) is 11.6 Å². The first-order valence-electron chi connectivity index (χ1n) is 18.2. The molecule has 53 heavy (non-hydrogen) atoms. The van der Waals surface area contributed by atoms with Gasteiger partial charge in [-0.2, -0.15) is 5.10 Å². The first kappa shape index (κ1) is 35.3. The number of rotatable bonds is 9. The predicted octanol–water partition coefficient (Wildman–Crippen LogP) is 6.11. The number of imide groups is 1. The maximum absolute atomic E-state index is 13.6. The number of hydrogen-bond donors (Lipinski definition) is 2. The molecule has 2 aromatic heterocycles. The van der Waals surface area contributed by atoms with Crippen LogP contribution >= 0.6 is 11.6 Å². The van der Waals surface area contributed by atoms with Crippen LogP contribution in [0.3, 0.4) is 0 Å². The number of hydrogen-bond acceptors (Lipinski definition) is 8. The number of amides is 3. The Hall–Kier alpha value is -4.69. The molecule has 0 bridgehead atoms. The number of carbonyl (C=O) groups is 2. The molecular weight excluding hydrogens is 710 g/mol. The van der Waals surface area contributed by atoms with Gasteiger partial charge in [0.1, 0.15) is 11.0 Å². The van der Waals surface area contributed by atoms with Crippen molar-refractivity contribution in [2.75, 3.05) is 42.9 Å². The van der Waals surface area contributed by atoms with Crippen molar-refractivity contribution < 1.29 is 13.8 Å². The van der Waals surface area contributed by atoms with Crippen LogP contribution in [0.5, 0.6) is 0 Å². The summed E-state index contributed by atoms with van der Waals surface area (Å²) in [7, 11) is 0.665. The molecule has 3 aromatic carbocycles. The summed E-state index contributed by atoms with van der Waals surface area (Å²) in [5, 5.41) is 11.8. The normalized spacial score (nSPS) is 18.7. The summed E-state index contributed by atoms with van der Waals surface area (Å²) < 4.78 is 17.4. The van der Waals surface area contributed by atoms with Crippen LogP contribution < -0.4 is 15.5 Å². The lowest BCUT2D eigenvalue weighted by atomic mass is 9.88. The number of anilines is 2. The Kier molecular flexibility index (Phi) is 10.2. The zero-order valence-corrected chi connectivity index (χ0v) is 31.2. The summed E-state index contributed by atoms with van der Waals surface area (Å²) >= 11 is 5.91. The van der Waals surface area contributed by atoms with Crippen molar-refractivity contribution in [1.82, 2.24) is 34.3 Å². The van der Waals surface area contributed by atoms with Gasteiger partial charge in [-0.1, -0.05) is 54.1 Å². The number of likely N-dealkylation sites (tertiary alicyclic amines) is 1. The van der Waals surface area contributed by atoms with E-state index in [2.05, 4.69) is 85.2 Å². The maximum atomic E-state index is 13.6. The Labute approximate surface area is 316 Å².